The predicted molar refractivity (Wildman–Crippen MR) is 69.5 cm³/mol. The molecule has 0 saturated carbocycles. The molecule has 0 aliphatic rings. The molecule has 0 radical (unpaired) electrons. The number of nitrogens with one attached hydrogen (secondary N) is 1. The molecule has 0 saturated heterocycles. The number of hydrogen-bond acceptors (Lipinski definition) is 2. The standard InChI is InChI=1S/C13H16F2N4O/c1-8-4-5-11(19(8)13(14)15)12(20)18(3)7-10-6-16-17-9(10)2/h4-6,13H,7H2,1-3H3,(H,16,17). The third-order valence-corrected chi connectivity index (χ3v) is 3.22. The predicted octanol–water partition coefficient (Wildman–Crippen LogP) is 2.50. The van der Waals surface area contributed by atoms with Crippen LogP contribution in [0.1, 0.15) is 34.0 Å². The normalized spacial score (nSPS) is 11.1. The summed E-state index contributed by atoms with van der Waals surface area (Å²) in [6.07, 6.45) is 1.62. The molecule has 2 heterocycles. The molecule has 2 rings (SSSR count). The molecular formula is C13H16F2N4O. The second-order valence-electron chi connectivity index (χ2n) is 4.69. The molecule has 0 bridgehead atoms. The van der Waals surface area contributed by atoms with Gasteiger partial charge < -0.3 is 4.90 Å². The fourth-order valence-corrected chi connectivity index (χ4v) is 2.04. The van der Waals surface area contributed by atoms with Gasteiger partial charge in [-0.05, 0) is 26.0 Å². The smallest absolute Gasteiger partial charge is 0.319 e. The zero-order valence-corrected chi connectivity index (χ0v) is 11.5. The minimum Gasteiger partial charge on any atom is -0.336 e. The molecule has 0 aliphatic carbocycles. The lowest BCUT2D eigenvalue weighted by Gasteiger charge is -2.18. The van der Waals surface area contributed by atoms with Crippen molar-refractivity contribution in [1.82, 2.24) is 19.7 Å². The number of aryl methyl sites for hydroxylation is 2. The molecule has 2 aromatic heterocycles. The van der Waals surface area contributed by atoms with E-state index in [0.29, 0.717) is 12.2 Å². The van der Waals surface area contributed by atoms with Crippen molar-refractivity contribution in [2.45, 2.75) is 26.9 Å². The first kappa shape index (κ1) is 14.2. The van der Waals surface area contributed by atoms with Gasteiger partial charge in [-0.2, -0.15) is 13.9 Å². The number of aromatic nitrogens is 3. The van der Waals surface area contributed by atoms with E-state index >= 15 is 0 Å². The lowest BCUT2D eigenvalue weighted by molar-refractivity contribution is 0.0564. The van der Waals surface area contributed by atoms with Gasteiger partial charge in [-0.15, -0.1) is 0 Å². The Morgan fingerprint density at radius 2 is 2.15 bits per heavy atom. The average Bonchev–Trinajstić information content (AvgIpc) is 2.95. The quantitative estimate of drug-likeness (QED) is 0.936. The number of nitrogens with zero attached hydrogens (tertiary/aromatic N) is 3. The van der Waals surface area contributed by atoms with Gasteiger partial charge in [0.25, 0.3) is 5.91 Å². The number of H-pyrrole nitrogens is 1. The molecule has 108 valence electrons. The van der Waals surface area contributed by atoms with Gasteiger partial charge >= 0.3 is 6.55 Å². The van der Waals surface area contributed by atoms with Gasteiger partial charge in [0.1, 0.15) is 5.69 Å². The minimum absolute atomic E-state index is 0.0128. The minimum atomic E-state index is -2.73. The van der Waals surface area contributed by atoms with Crippen molar-refractivity contribution in [3.05, 3.63) is 41.0 Å². The summed E-state index contributed by atoms with van der Waals surface area (Å²) in [5, 5.41) is 6.64. The highest BCUT2D eigenvalue weighted by Crippen LogP contribution is 2.20. The molecule has 2 aromatic rings. The maximum atomic E-state index is 13.0. The SMILES string of the molecule is Cc1[nH]ncc1CN(C)C(=O)c1ccc(C)n1C(F)F. The largest absolute Gasteiger partial charge is 0.336 e. The van der Waals surface area contributed by atoms with Crippen molar-refractivity contribution in [2.75, 3.05) is 7.05 Å². The van der Waals surface area contributed by atoms with Crippen LogP contribution in [-0.2, 0) is 6.54 Å². The number of carbonyl (C=O) groups is 1. The van der Waals surface area contributed by atoms with Crippen molar-refractivity contribution in [3.63, 3.8) is 0 Å². The second kappa shape index (κ2) is 5.44. The Hall–Kier alpha value is -2.18. The van der Waals surface area contributed by atoms with Crippen LogP contribution in [-0.4, -0.2) is 32.6 Å². The second-order valence-corrected chi connectivity index (χ2v) is 4.69. The van der Waals surface area contributed by atoms with Gasteiger partial charge in [0.15, 0.2) is 0 Å². The highest BCUT2D eigenvalue weighted by Gasteiger charge is 2.22. The van der Waals surface area contributed by atoms with Gasteiger partial charge in [0, 0.05) is 30.5 Å². The summed E-state index contributed by atoms with van der Waals surface area (Å²) in [5.41, 5.74) is 2.05. The molecule has 1 N–H and O–H groups in total. The summed E-state index contributed by atoms with van der Waals surface area (Å²) in [6.45, 7) is 0.970. The van der Waals surface area contributed by atoms with E-state index < -0.39 is 12.5 Å². The zero-order valence-electron chi connectivity index (χ0n) is 11.5. The summed E-state index contributed by atoms with van der Waals surface area (Å²) >= 11 is 0. The zero-order chi connectivity index (χ0) is 14.9. The summed E-state index contributed by atoms with van der Waals surface area (Å²) in [6, 6.07) is 2.93. The highest BCUT2D eigenvalue weighted by molar-refractivity contribution is 5.92. The van der Waals surface area contributed by atoms with Gasteiger partial charge in [0.2, 0.25) is 0 Å². The molecule has 0 aliphatic heterocycles. The molecule has 0 atom stereocenters. The molecular weight excluding hydrogens is 266 g/mol. The van der Waals surface area contributed by atoms with E-state index in [2.05, 4.69) is 10.2 Å². The Morgan fingerprint density at radius 3 is 2.70 bits per heavy atom. The monoisotopic (exact) mass is 282 g/mol. The van der Waals surface area contributed by atoms with E-state index in [1.165, 1.54) is 17.0 Å². The van der Waals surface area contributed by atoms with Crippen LogP contribution < -0.4 is 0 Å². The number of halogens is 2. The van der Waals surface area contributed by atoms with Crippen molar-refractivity contribution in [3.8, 4) is 0 Å². The van der Waals surface area contributed by atoms with Crippen LogP contribution in [0.5, 0.6) is 0 Å². The van der Waals surface area contributed by atoms with Gasteiger partial charge in [-0.3, -0.25) is 14.5 Å². The molecule has 0 fully saturated rings. The summed E-state index contributed by atoms with van der Waals surface area (Å²) < 4.78 is 26.7. The molecule has 0 aromatic carbocycles. The van der Waals surface area contributed by atoms with Crippen LogP contribution in [0.15, 0.2) is 18.3 Å². The number of alkyl halides is 2. The maximum Gasteiger partial charge on any atom is 0.319 e. The van der Waals surface area contributed by atoms with Crippen LogP contribution in [0, 0.1) is 13.8 Å². The maximum absolute atomic E-state index is 13.0. The molecule has 0 unspecified atom stereocenters. The fraction of sp³-hybridized carbons (Fsp3) is 0.385. The van der Waals surface area contributed by atoms with Crippen LogP contribution >= 0.6 is 0 Å². The van der Waals surface area contributed by atoms with Gasteiger partial charge in [0.05, 0.1) is 6.20 Å². The molecule has 7 heteroatoms. The molecule has 5 nitrogen and oxygen atoms in total. The number of hydrogen-bond donors (Lipinski definition) is 1. The third-order valence-electron chi connectivity index (χ3n) is 3.22. The van der Waals surface area contributed by atoms with E-state index in [0.717, 1.165) is 15.8 Å². The Bertz CT molecular complexity index is 618. The van der Waals surface area contributed by atoms with Crippen molar-refractivity contribution < 1.29 is 13.6 Å². The number of aromatic amines is 1. The Balaban J connectivity index is 2.21. The topological polar surface area (TPSA) is 53.9 Å². The average molecular weight is 282 g/mol. The fourth-order valence-electron chi connectivity index (χ4n) is 2.04. The molecule has 20 heavy (non-hydrogen) atoms. The molecule has 1 amide bonds. The number of rotatable bonds is 4. The van der Waals surface area contributed by atoms with E-state index in [4.69, 9.17) is 0 Å². The van der Waals surface area contributed by atoms with Crippen molar-refractivity contribution in [2.24, 2.45) is 0 Å². The van der Waals surface area contributed by atoms with Gasteiger partial charge in [-0.25, -0.2) is 0 Å². The van der Waals surface area contributed by atoms with E-state index in [-0.39, 0.29) is 5.69 Å². The lowest BCUT2D eigenvalue weighted by Crippen LogP contribution is -2.28. The highest BCUT2D eigenvalue weighted by atomic mass is 19.3. The summed E-state index contributed by atoms with van der Waals surface area (Å²) in [5.74, 6) is -0.445. The van der Waals surface area contributed by atoms with Crippen molar-refractivity contribution >= 4 is 5.91 Å². The van der Waals surface area contributed by atoms with Gasteiger partial charge in [-0.1, -0.05) is 0 Å². The van der Waals surface area contributed by atoms with Crippen LogP contribution in [0.3, 0.4) is 0 Å². The Kier molecular flexibility index (Phi) is 3.87. The first-order chi connectivity index (χ1) is 9.41. The summed E-state index contributed by atoms with van der Waals surface area (Å²) in [7, 11) is 1.58. The Labute approximate surface area is 115 Å². The molecule has 0 spiro atoms. The Morgan fingerprint density at radius 1 is 1.45 bits per heavy atom. The third kappa shape index (κ3) is 2.56. The van der Waals surface area contributed by atoms with Crippen LogP contribution in [0.4, 0.5) is 8.78 Å². The van der Waals surface area contributed by atoms with E-state index in [1.807, 2.05) is 6.92 Å². The number of carbonyl (C=O) groups excluding carboxylic acids is 1. The van der Waals surface area contributed by atoms with Crippen LogP contribution in [0.2, 0.25) is 0 Å². The lowest BCUT2D eigenvalue weighted by atomic mass is 10.2. The number of amides is 1. The first-order valence-corrected chi connectivity index (χ1v) is 6.12. The summed E-state index contributed by atoms with van der Waals surface area (Å²) in [4.78, 5) is 13.7. The van der Waals surface area contributed by atoms with E-state index in [9.17, 15) is 13.6 Å². The van der Waals surface area contributed by atoms with Crippen molar-refractivity contribution in [1.29, 1.82) is 0 Å². The first-order valence-electron chi connectivity index (χ1n) is 6.12. The van der Waals surface area contributed by atoms with Crippen LogP contribution in [0.25, 0.3) is 0 Å². The van der Waals surface area contributed by atoms with E-state index in [1.54, 1.807) is 20.2 Å².